The molecule has 0 fully saturated rings. The lowest BCUT2D eigenvalue weighted by Crippen LogP contribution is -2.05. The number of benzene rings is 1. The molecule has 0 aliphatic carbocycles. The zero-order chi connectivity index (χ0) is 14.4. The summed E-state index contributed by atoms with van der Waals surface area (Å²) in [6.07, 6.45) is 1.58. The molecular formula is C16H19NO3. The van der Waals surface area contributed by atoms with Gasteiger partial charge in [-0.25, -0.2) is 4.98 Å². The second-order valence-corrected chi connectivity index (χ2v) is 4.40. The molecule has 20 heavy (non-hydrogen) atoms. The first-order chi connectivity index (χ1) is 9.74. The number of aliphatic hydroxyl groups is 1. The quantitative estimate of drug-likeness (QED) is 0.879. The van der Waals surface area contributed by atoms with E-state index in [4.69, 9.17) is 9.47 Å². The van der Waals surface area contributed by atoms with Crippen LogP contribution in [0.1, 0.15) is 24.2 Å². The van der Waals surface area contributed by atoms with E-state index in [2.05, 4.69) is 4.98 Å². The number of nitrogens with zero attached hydrogens (tertiary/aromatic N) is 1. The van der Waals surface area contributed by atoms with Crippen LogP contribution in [0, 0.1) is 0 Å². The predicted molar refractivity (Wildman–Crippen MR) is 77.1 cm³/mol. The topological polar surface area (TPSA) is 51.6 Å². The minimum absolute atomic E-state index is 0.487. The molecule has 1 N–H and O–H groups in total. The van der Waals surface area contributed by atoms with Crippen molar-refractivity contribution in [3.8, 4) is 11.6 Å². The van der Waals surface area contributed by atoms with E-state index >= 15 is 0 Å². The Morgan fingerprint density at radius 2 is 2.00 bits per heavy atom. The van der Waals surface area contributed by atoms with E-state index in [1.54, 1.807) is 19.4 Å². The second-order valence-electron chi connectivity index (χ2n) is 4.40. The fourth-order valence-electron chi connectivity index (χ4n) is 2.03. The largest absolute Gasteiger partial charge is 0.493 e. The Morgan fingerprint density at radius 1 is 1.20 bits per heavy atom. The van der Waals surface area contributed by atoms with Crippen LogP contribution >= 0.6 is 0 Å². The van der Waals surface area contributed by atoms with Crippen LogP contribution in [-0.4, -0.2) is 23.8 Å². The van der Waals surface area contributed by atoms with Gasteiger partial charge in [0.1, 0.15) is 5.75 Å². The van der Waals surface area contributed by atoms with Crippen molar-refractivity contribution in [2.75, 3.05) is 13.7 Å². The minimum atomic E-state index is -0.618. The second kappa shape index (κ2) is 6.91. The molecule has 106 valence electrons. The monoisotopic (exact) mass is 273 g/mol. The molecule has 1 unspecified atom stereocenters. The van der Waals surface area contributed by atoms with Crippen molar-refractivity contribution in [1.82, 2.24) is 4.98 Å². The number of methoxy groups -OCH3 is 1. The molecule has 0 saturated carbocycles. The van der Waals surface area contributed by atoms with Crippen LogP contribution in [0.25, 0.3) is 0 Å². The lowest BCUT2D eigenvalue weighted by molar-refractivity contribution is 0.172. The van der Waals surface area contributed by atoms with Crippen molar-refractivity contribution in [3.63, 3.8) is 0 Å². The SMILES string of the molecule is CCOc1ccccc1C(O)Cc1ccc(OC)nc1. The number of ether oxygens (including phenoxy) is 2. The van der Waals surface area contributed by atoms with Crippen LogP contribution in [0.5, 0.6) is 11.6 Å². The van der Waals surface area contributed by atoms with Crippen molar-refractivity contribution in [2.24, 2.45) is 0 Å². The highest BCUT2D eigenvalue weighted by Gasteiger charge is 2.13. The summed E-state index contributed by atoms with van der Waals surface area (Å²) < 4.78 is 10.6. The standard InChI is InChI=1S/C16H19NO3/c1-3-20-15-7-5-4-6-13(15)14(18)10-12-8-9-16(19-2)17-11-12/h4-9,11,14,18H,3,10H2,1-2H3. The fourth-order valence-corrected chi connectivity index (χ4v) is 2.03. The maximum Gasteiger partial charge on any atom is 0.212 e. The maximum atomic E-state index is 10.4. The van der Waals surface area contributed by atoms with Gasteiger partial charge in [0.2, 0.25) is 5.88 Å². The average Bonchev–Trinajstić information content (AvgIpc) is 2.49. The molecule has 1 aromatic heterocycles. The first-order valence-corrected chi connectivity index (χ1v) is 6.63. The van der Waals surface area contributed by atoms with Crippen molar-refractivity contribution >= 4 is 0 Å². The Kier molecular flexibility index (Phi) is 4.96. The Balaban J connectivity index is 2.12. The molecule has 4 nitrogen and oxygen atoms in total. The van der Waals surface area contributed by atoms with Gasteiger partial charge in [-0.1, -0.05) is 24.3 Å². The molecule has 0 radical (unpaired) electrons. The first-order valence-electron chi connectivity index (χ1n) is 6.63. The number of para-hydroxylation sites is 1. The third kappa shape index (κ3) is 3.48. The summed E-state index contributed by atoms with van der Waals surface area (Å²) in [4.78, 5) is 4.14. The van der Waals surface area contributed by atoms with Gasteiger partial charge in [0.15, 0.2) is 0 Å². The summed E-state index contributed by atoms with van der Waals surface area (Å²) in [7, 11) is 1.58. The summed E-state index contributed by atoms with van der Waals surface area (Å²) in [6.45, 7) is 2.50. The van der Waals surface area contributed by atoms with Crippen LogP contribution in [-0.2, 0) is 6.42 Å². The van der Waals surface area contributed by atoms with Gasteiger partial charge in [-0.2, -0.15) is 0 Å². The van der Waals surface area contributed by atoms with E-state index in [0.717, 1.165) is 16.9 Å². The van der Waals surface area contributed by atoms with Gasteiger partial charge in [0.05, 0.1) is 19.8 Å². The number of aliphatic hydroxyl groups excluding tert-OH is 1. The lowest BCUT2D eigenvalue weighted by atomic mass is 10.0. The molecule has 0 aliphatic heterocycles. The van der Waals surface area contributed by atoms with E-state index in [1.807, 2.05) is 37.3 Å². The van der Waals surface area contributed by atoms with Crippen LogP contribution in [0.3, 0.4) is 0 Å². The van der Waals surface area contributed by atoms with Crippen LogP contribution in [0.15, 0.2) is 42.6 Å². The molecule has 1 heterocycles. The Morgan fingerprint density at radius 3 is 2.65 bits per heavy atom. The number of rotatable bonds is 6. The van der Waals surface area contributed by atoms with Gasteiger partial charge in [0, 0.05) is 24.2 Å². The zero-order valence-electron chi connectivity index (χ0n) is 11.7. The summed E-state index contributed by atoms with van der Waals surface area (Å²) in [6, 6.07) is 11.2. The van der Waals surface area contributed by atoms with E-state index in [0.29, 0.717) is 18.9 Å². The summed E-state index contributed by atoms with van der Waals surface area (Å²) in [5.41, 5.74) is 1.75. The summed E-state index contributed by atoms with van der Waals surface area (Å²) >= 11 is 0. The lowest BCUT2D eigenvalue weighted by Gasteiger charge is -2.15. The summed E-state index contributed by atoms with van der Waals surface area (Å²) in [5.74, 6) is 1.29. The van der Waals surface area contributed by atoms with Gasteiger partial charge >= 0.3 is 0 Å². The van der Waals surface area contributed by atoms with E-state index in [-0.39, 0.29) is 0 Å². The Bertz CT molecular complexity index is 540. The molecule has 0 spiro atoms. The maximum absolute atomic E-state index is 10.4. The fraction of sp³-hybridized carbons (Fsp3) is 0.312. The van der Waals surface area contributed by atoms with Crippen LogP contribution < -0.4 is 9.47 Å². The smallest absolute Gasteiger partial charge is 0.212 e. The van der Waals surface area contributed by atoms with Crippen molar-refractivity contribution in [2.45, 2.75) is 19.4 Å². The summed E-state index contributed by atoms with van der Waals surface area (Å²) in [5, 5.41) is 10.4. The van der Waals surface area contributed by atoms with E-state index < -0.39 is 6.10 Å². The van der Waals surface area contributed by atoms with Gasteiger partial charge in [-0.15, -0.1) is 0 Å². The normalized spacial score (nSPS) is 11.9. The molecule has 0 saturated heterocycles. The third-order valence-electron chi connectivity index (χ3n) is 3.01. The molecular weight excluding hydrogens is 254 g/mol. The molecule has 0 aliphatic rings. The third-order valence-corrected chi connectivity index (χ3v) is 3.01. The average molecular weight is 273 g/mol. The number of pyridine rings is 1. The van der Waals surface area contributed by atoms with E-state index in [1.165, 1.54) is 0 Å². The molecule has 1 aromatic carbocycles. The molecule has 1 atom stereocenters. The number of hydrogen-bond donors (Lipinski definition) is 1. The Hall–Kier alpha value is -2.07. The highest BCUT2D eigenvalue weighted by Crippen LogP contribution is 2.27. The predicted octanol–water partition coefficient (Wildman–Crippen LogP) is 2.77. The van der Waals surface area contributed by atoms with Crippen molar-refractivity contribution < 1.29 is 14.6 Å². The molecule has 2 aromatic rings. The molecule has 4 heteroatoms. The first kappa shape index (κ1) is 14.3. The highest BCUT2D eigenvalue weighted by molar-refractivity contribution is 5.36. The molecule has 2 rings (SSSR count). The van der Waals surface area contributed by atoms with Crippen molar-refractivity contribution in [1.29, 1.82) is 0 Å². The number of aromatic nitrogens is 1. The zero-order valence-corrected chi connectivity index (χ0v) is 11.7. The van der Waals surface area contributed by atoms with Crippen LogP contribution in [0.4, 0.5) is 0 Å². The number of hydrogen-bond acceptors (Lipinski definition) is 4. The van der Waals surface area contributed by atoms with Gasteiger partial charge in [0.25, 0.3) is 0 Å². The van der Waals surface area contributed by atoms with Gasteiger partial charge in [-0.05, 0) is 18.6 Å². The van der Waals surface area contributed by atoms with E-state index in [9.17, 15) is 5.11 Å². The highest BCUT2D eigenvalue weighted by atomic mass is 16.5. The molecule has 0 amide bonds. The van der Waals surface area contributed by atoms with Gasteiger partial charge in [-0.3, -0.25) is 0 Å². The van der Waals surface area contributed by atoms with Crippen LogP contribution in [0.2, 0.25) is 0 Å². The minimum Gasteiger partial charge on any atom is -0.493 e. The van der Waals surface area contributed by atoms with Gasteiger partial charge < -0.3 is 14.6 Å². The molecule has 0 bridgehead atoms. The van der Waals surface area contributed by atoms with Crippen molar-refractivity contribution in [3.05, 3.63) is 53.7 Å². The Labute approximate surface area is 119 Å².